The van der Waals surface area contributed by atoms with Gasteiger partial charge in [0.15, 0.2) is 0 Å². The number of hydrogen-bond donors (Lipinski definition) is 0. The number of nitrogens with zero attached hydrogens (tertiary/aromatic N) is 1. The second-order valence-corrected chi connectivity index (χ2v) is 3.12. The molecule has 1 heteroatoms. The Bertz CT molecular complexity index is 104. The van der Waals surface area contributed by atoms with Crippen LogP contribution in [0.15, 0.2) is 4.99 Å². The van der Waals surface area contributed by atoms with Gasteiger partial charge in [0.25, 0.3) is 0 Å². The van der Waals surface area contributed by atoms with E-state index >= 15 is 0 Å². The van der Waals surface area contributed by atoms with E-state index in [2.05, 4.69) is 25.1 Å². The summed E-state index contributed by atoms with van der Waals surface area (Å²) < 4.78 is 0. The van der Waals surface area contributed by atoms with E-state index in [-0.39, 0.29) is 0 Å². The van der Waals surface area contributed by atoms with Gasteiger partial charge in [0, 0.05) is 6.54 Å². The molecule has 2 unspecified atom stereocenters. The molecule has 0 radical (unpaired) electrons. The number of rotatable bonds is 2. The summed E-state index contributed by atoms with van der Waals surface area (Å²) in [6, 6.07) is 0. The first-order valence-corrected chi connectivity index (χ1v) is 4.36. The quantitative estimate of drug-likeness (QED) is 0.557. The third-order valence-corrected chi connectivity index (χ3v) is 2.59. The molecule has 0 N–H and O–H groups in total. The van der Waals surface area contributed by atoms with E-state index in [9.17, 15) is 0 Å². The molecule has 0 saturated carbocycles. The van der Waals surface area contributed by atoms with Crippen molar-refractivity contribution in [3.63, 3.8) is 0 Å². The monoisotopic (exact) mass is 139 g/mol. The molecule has 0 aliphatic carbocycles. The normalized spacial score (nSPS) is 32.6. The zero-order chi connectivity index (χ0) is 7.40. The molecular weight excluding hydrogens is 122 g/mol. The maximum absolute atomic E-state index is 4.30. The minimum atomic E-state index is 0.870. The highest BCUT2D eigenvalue weighted by atomic mass is 14.7. The van der Waals surface area contributed by atoms with Crippen LogP contribution in [0, 0.1) is 11.8 Å². The van der Waals surface area contributed by atoms with Crippen molar-refractivity contribution >= 4 is 6.21 Å². The first kappa shape index (κ1) is 7.77. The highest BCUT2D eigenvalue weighted by molar-refractivity contribution is 5.58. The molecule has 1 nitrogen and oxygen atoms in total. The lowest BCUT2D eigenvalue weighted by Gasteiger charge is -2.25. The van der Waals surface area contributed by atoms with Gasteiger partial charge >= 0.3 is 0 Å². The third kappa shape index (κ3) is 1.59. The van der Waals surface area contributed by atoms with Gasteiger partial charge in [-0.1, -0.05) is 26.7 Å². The average Bonchev–Trinajstić information content (AvgIpc) is 2.04. The van der Waals surface area contributed by atoms with Crippen LogP contribution in [0.4, 0.5) is 0 Å². The van der Waals surface area contributed by atoms with Crippen molar-refractivity contribution in [2.24, 2.45) is 16.8 Å². The summed E-state index contributed by atoms with van der Waals surface area (Å²) in [6.07, 6.45) is 5.94. The molecule has 0 spiro atoms. The van der Waals surface area contributed by atoms with Crippen LogP contribution < -0.4 is 0 Å². The molecule has 0 saturated heterocycles. The minimum absolute atomic E-state index is 0.870. The predicted molar refractivity (Wildman–Crippen MR) is 45.5 cm³/mol. The zero-order valence-corrected chi connectivity index (χ0v) is 7.01. The lowest BCUT2D eigenvalue weighted by Crippen LogP contribution is -2.20. The van der Waals surface area contributed by atoms with Crippen LogP contribution in [-0.4, -0.2) is 12.8 Å². The molecular formula is C9H17N. The topological polar surface area (TPSA) is 12.4 Å². The molecule has 0 aromatic heterocycles. The van der Waals surface area contributed by atoms with Crippen LogP contribution in [0.1, 0.15) is 33.1 Å². The van der Waals surface area contributed by atoms with Gasteiger partial charge in [-0.25, -0.2) is 0 Å². The first-order chi connectivity index (χ1) is 4.88. The highest BCUT2D eigenvalue weighted by Gasteiger charge is 2.19. The molecule has 0 bridgehead atoms. The van der Waals surface area contributed by atoms with Gasteiger partial charge in [0.05, 0.1) is 0 Å². The van der Waals surface area contributed by atoms with E-state index in [0.29, 0.717) is 0 Å². The van der Waals surface area contributed by atoms with Crippen molar-refractivity contribution in [3.05, 3.63) is 0 Å². The molecule has 58 valence electrons. The van der Waals surface area contributed by atoms with Gasteiger partial charge in [-0.3, -0.25) is 4.99 Å². The lowest BCUT2D eigenvalue weighted by atomic mass is 9.84. The van der Waals surface area contributed by atoms with Crippen LogP contribution in [0.2, 0.25) is 0 Å². The minimum Gasteiger partial charge on any atom is -0.297 e. The summed E-state index contributed by atoms with van der Waals surface area (Å²) in [5, 5.41) is 0. The Morgan fingerprint density at radius 1 is 1.30 bits per heavy atom. The van der Waals surface area contributed by atoms with E-state index < -0.39 is 0 Å². The van der Waals surface area contributed by atoms with E-state index in [0.717, 1.165) is 18.4 Å². The first-order valence-electron chi connectivity index (χ1n) is 4.36. The van der Waals surface area contributed by atoms with Gasteiger partial charge in [-0.15, -0.1) is 0 Å². The van der Waals surface area contributed by atoms with E-state index in [4.69, 9.17) is 0 Å². The molecule has 0 aromatic rings. The smallest absolute Gasteiger partial charge is 0.0416 e. The molecule has 10 heavy (non-hydrogen) atoms. The van der Waals surface area contributed by atoms with Gasteiger partial charge in [-0.2, -0.15) is 0 Å². The second kappa shape index (κ2) is 3.75. The van der Waals surface area contributed by atoms with Crippen molar-refractivity contribution in [1.82, 2.24) is 0 Å². The summed E-state index contributed by atoms with van der Waals surface area (Å²) in [6.45, 7) is 5.63. The Labute approximate surface area is 63.5 Å². The molecule has 0 fully saturated rings. The van der Waals surface area contributed by atoms with Crippen LogP contribution in [0.25, 0.3) is 0 Å². The molecule has 1 rings (SSSR count). The third-order valence-electron chi connectivity index (χ3n) is 2.59. The van der Waals surface area contributed by atoms with Crippen molar-refractivity contribution in [1.29, 1.82) is 0 Å². The van der Waals surface area contributed by atoms with Crippen molar-refractivity contribution in [2.45, 2.75) is 33.1 Å². The Hall–Kier alpha value is -0.330. The van der Waals surface area contributed by atoms with Gasteiger partial charge in [0.2, 0.25) is 0 Å². The van der Waals surface area contributed by atoms with Crippen LogP contribution >= 0.6 is 0 Å². The molecule has 2 atom stereocenters. The Morgan fingerprint density at radius 2 is 2.00 bits per heavy atom. The Balaban J connectivity index is 2.45. The van der Waals surface area contributed by atoms with Crippen LogP contribution in [-0.2, 0) is 0 Å². The van der Waals surface area contributed by atoms with E-state index in [1.807, 2.05) is 0 Å². The summed E-state index contributed by atoms with van der Waals surface area (Å²) in [7, 11) is 0. The summed E-state index contributed by atoms with van der Waals surface area (Å²) in [5.74, 6) is 1.79. The Morgan fingerprint density at radius 3 is 2.50 bits per heavy atom. The zero-order valence-electron chi connectivity index (χ0n) is 7.01. The van der Waals surface area contributed by atoms with Gasteiger partial charge in [0.1, 0.15) is 0 Å². The van der Waals surface area contributed by atoms with E-state index in [1.165, 1.54) is 19.3 Å². The maximum atomic E-state index is 4.30. The number of hydrogen-bond acceptors (Lipinski definition) is 1. The lowest BCUT2D eigenvalue weighted by molar-refractivity contribution is 0.320. The summed E-state index contributed by atoms with van der Waals surface area (Å²) in [4.78, 5) is 4.30. The van der Waals surface area contributed by atoms with Crippen molar-refractivity contribution in [2.75, 3.05) is 6.54 Å². The second-order valence-electron chi connectivity index (χ2n) is 3.12. The fraction of sp³-hybridized carbons (Fsp3) is 0.889. The standard InChI is InChI=1S/C9H17N/c1-3-8-5-6-10-7-9(8)4-2/h6,8-9H,3-5,7H2,1-2H3. The average molecular weight is 139 g/mol. The molecule has 1 aliphatic rings. The Kier molecular flexibility index (Phi) is 2.91. The molecule has 0 aromatic carbocycles. The van der Waals surface area contributed by atoms with E-state index in [1.54, 1.807) is 0 Å². The molecule has 1 aliphatic heterocycles. The fourth-order valence-electron chi connectivity index (χ4n) is 1.72. The van der Waals surface area contributed by atoms with Crippen molar-refractivity contribution < 1.29 is 0 Å². The molecule has 0 amide bonds. The van der Waals surface area contributed by atoms with Crippen molar-refractivity contribution in [3.8, 4) is 0 Å². The number of aliphatic imine (C=N–C) groups is 1. The summed E-state index contributed by atoms with van der Waals surface area (Å²) in [5.41, 5.74) is 0. The van der Waals surface area contributed by atoms with Crippen LogP contribution in [0.3, 0.4) is 0 Å². The van der Waals surface area contributed by atoms with Crippen LogP contribution in [0.5, 0.6) is 0 Å². The maximum Gasteiger partial charge on any atom is 0.0416 e. The summed E-state index contributed by atoms with van der Waals surface area (Å²) >= 11 is 0. The van der Waals surface area contributed by atoms with Gasteiger partial charge < -0.3 is 0 Å². The SMILES string of the molecule is CCC1CC=NCC1CC. The fourth-order valence-corrected chi connectivity index (χ4v) is 1.72. The predicted octanol–water partition coefficient (Wildman–Crippen LogP) is 2.51. The largest absolute Gasteiger partial charge is 0.297 e. The highest BCUT2D eigenvalue weighted by Crippen LogP contribution is 2.24. The van der Waals surface area contributed by atoms with Gasteiger partial charge in [-0.05, 0) is 24.5 Å². The molecule has 1 heterocycles.